The molecule has 2 aliphatic rings. The lowest BCUT2D eigenvalue weighted by Crippen LogP contribution is -2.69. The van der Waals surface area contributed by atoms with Crippen LogP contribution in [0.15, 0.2) is 60.7 Å². The lowest BCUT2D eigenvalue weighted by Gasteiger charge is -2.45. The summed E-state index contributed by atoms with van der Waals surface area (Å²) in [5, 5.41) is 2.43. The lowest BCUT2D eigenvalue weighted by molar-refractivity contribution is -0.120. The van der Waals surface area contributed by atoms with Crippen molar-refractivity contribution in [2.75, 3.05) is 19.8 Å². The number of hydrogen-bond donors (Lipinski definition) is 0. The smallest absolute Gasteiger partial charge is 0.261 e. The van der Waals surface area contributed by atoms with Gasteiger partial charge in [0.1, 0.15) is 12.2 Å². The molecule has 0 saturated carbocycles. The second-order valence-corrected chi connectivity index (χ2v) is 12.5. The average Bonchev–Trinajstić information content (AvgIpc) is 3.37. The first-order valence-corrected chi connectivity index (χ1v) is 11.6. The van der Waals surface area contributed by atoms with Crippen molar-refractivity contribution >= 4 is 18.7 Å². The summed E-state index contributed by atoms with van der Waals surface area (Å²) in [7, 11) is -2.64. The zero-order valence-electron chi connectivity index (χ0n) is 16.3. The van der Waals surface area contributed by atoms with Gasteiger partial charge in [-0.1, -0.05) is 81.4 Å². The molecular formula is C22H28O4Si. The van der Waals surface area contributed by atoms with Crippen LogP contribution in [0.2, 0.25) is 5.04 Å². The van der Waals surface area contributed by atoms with Gasteiger partial charge in [0.2, 0.25) is 0 Å². The van der Waals surface area contributed by atoms with Crippen LogP contribution < -0.4 is 10.4 Å². The van der Waals surface area contributed by atoms with E-state index in [1.165, 1.54) is 10.4 Å². The molecule has 4 rings (SSSR count). The predicted molar refractivity (Wildman–Crippen MR) is 108 cm³/mol. The normalized spacial score (nSPS) is 22.0. The number of rotatable bonds is 6. The molecule has 2 aromatic carbocycles. The van der Waals surface area contributed by atoms with Gasteiger partial charge in [0.05, 0.1) is 19.8 Å². The van der Waals surface area contributed by atoms with E-state index in [9.17, 15) is 0 Å². The molecule has 144 valence electrons. The maximum absolute atomic E-state index is 7.15. The highest BCUT2D eigenvalue weighted by Gasteiger charge is 2.55. The predicted octanol–water partition coefficient (Wildman–Crippen LogP) is 2.70. The Hall–Kier alpha value is -1.50. The maximum Gasteiger partial charge on any atom is 0.261 e. The number of benzene rings is 2. The number of ether oxygens (including phenoxy) is 3. The summed E-state index contributed by atoms with van der Waals surface area (Å²) in [6.07, 6.45) is -0.548. The molecule has 0 bridgehead atoms. The van der Waals surface area contributed by atoms with Crippen molar-refractivity contribution in [3.8, 4) is 0 Å². The van der Waals surface area contributed by atoms with Crippen molar-refractivity contribution < 1.29 is 18.6 Å². The number of epoxide rings is 1. The summed E-state index contributed by atoms with van der Waals surface area (Å²) in [6.45, 7) is 8.75. The Morgan fingerprint density at radius 2 is 1.33 bits per heavy atom. The highest BCUT2D eigenvalue weighted by atomic mass is 28.4. The van der Waals surface area contributed by atoms with E-state index in [0.29, 0.717) is 19.8 Å². The van der Waals surface area contributed by atoms with Crippen molar-refractivity contribution in [3.05, 3.63) is 60.7 Å². The van der Waals surface area contributed by atoms with Crippen LogP contribution in [0.5, 0.6) is 0 Å². The van der Waals surface area contributed by atoms with Gasteiger partial charge in [-0.25, -0.2) is 0 Å². The van der Waals surface area contributed by atoms with Gasteiger partial charge in [-0.05, 0) is 15.4 Å². The molecule has 2 aliphatic heterocycles. The molecule has 0 unspecified atom stereocenters. The molecule has 2 heterocycles. The standard InChI is InChI=1S/C22H28O4Si/c1-22(2,3)27(17-10-6-4-7-11-17,18-12-8-5-9-13-18)26-20(19-16-25-19)21-23-14-15-24-21/h4-13,19-21H,14-16H2,1-3H3/t19-,20-/m0/s1. The van der Waals surface area contributed by atoms with Crippen LogP contribution in [0.3, 0.4) is 0 Å². The molecule has 2 atom stereocenters. The van der Waals surface area contributed by atoms with E-state index in [-0.39, 0.29) is 23.5 Å². The van der Waals surface area contributed by atoms with E-state index in [1.807, 2.05) is 0 Å². The van der Waals surface area contributed by atoms with Gasteiger partial charge in [-0.15, -0.1) is 0 Å². The highest BCUT2D eigenvalue weighted by molar-refractivity contribution is 6.99. The SMILES string of the molecule is CC(C)(C)[Si](O[C@H](C1OCCO1)[C@@H]1CO1)(c1ccccc1)c1ccccc1. The minimum Gasteiger partial charge on any atom is -0.396 e. The Balaban J connectivity index is 1.84. The highest BCUT2D eigenvalue weighted by Crippen LogP contribution is 2.40. The fourth-order valence-corrected chi connectivity index (χ4v) is 8.70. The summed E-state index contributed by atoms with van der Waals surface area (Å²) in [4.78, 5) is 0. The van der Waals surface area contributed by atoms with Gasteiger partial charge >= 0.3 is 0 Å². The Morgan fingerprint density at radius 3 is 1.74 bits per heavy atom. The van der Waals surface area contributed by atoms with Crippen molar-refractivity contribution in [1.82, 2.24) is 0 Å². The summed E-state index contributed by atoms with van der Waals surface area (Å²) in [6, 6.07) is 21.3. The van der Waals surface area contributed by atoms with Crippen molar-refractivity contribution in [2.45, 2.75) is 44.3 Å². The largest absolute Gasteiger partial charge is 0.396 e. The second-order valence-electron chi connectivity index (χ2n) is 8.23. The molecular weight excluding hydrogens is 356 g/mol. The number of hydrogen-bond acceptors (Lipinski definition) is 4. The fraction of sp³-hybridized carbons (Fsp3) is 0.455. The molecule has 0 spiro atoms. The molecule has 27 heavy (non-hydrogen) atoms. The molecule has 0 N–H and O–H groups in total. The van der Waals surface area contributed by atoms with Crippen LogP contribution in [0.4, 0.5) is 0 Å². The second kappa shape index (κ2) is 7.49. The van der Waals surface area contributed by atoms with Crippen LogP contribution >= 0.6 is 0 Å². The molecule has 2 saturated heterocycles. The van der Waals surface area contributed by atoms with E-state index in [0.717, 1.165) is 0 Å². The first-order valence-electron chi connectivity index (χ1n) is 9.66. The van der Waals surface area contributed by atoms with Crippen LogP contribution in [-0.4, -0.2) is 46.6 Å². The lowest BCUT2D eigenvalue weighted by atomic mass is 10.2. The fourth-order valence-electron chi connectivity index (χ4n) is 4.01. The minimum atomic E-state index is -2.64. The van der Waals surface area contributed by atoms with Gasteiger partial charge in [0.15, 0.2) is 6.29 Å². The van der Waals surface area contributed by atoms with Crippen LogP contribution in [0.1, 0.15) is 20.8 Å². The third kappa shape index (κ3) is 3.62. The van der Waals surface area contributed by atoms with Gasteiger partial charge < -0.3 is 18.6 Å². The molecule has 4 nitrogen and oxygen atoms in total. The summed E-state index contributed by atoms with van der Waals surface area (Å²) < 4.78 is 24.5. The Kier molecular flexibility index (Phi) is 5.23. The van der Waals surface area contributed by atoms with E-state index in [2.05, 4.69) is 81.4 Å². The van der Waals surface area contributed by atoms with Gasteiger partial charge in [0.25, 0.3) is 8.32 Å². The van der Waals surface area contributed by atoms with Gasteiger partial charge in [0, 0.05) is 0 Å². The van der Waals surface area contributed by atoms with Gasteiger partial charge in [-0.2, -0.15) is 0 Å². The van der Waals surface area contributed by atoms with Crippen molar-refractivity contribution in [2.24, 2.45) is 0 Å². The van der Waals surface area contributed by atoms with Crippen LogP contribution in [0, 0.1) is 0 Å². The zero-order chi connectivity index (χ0) is 18.9. The minimum absolute atomic E-state index is 0.0368. The zero-order valence-corrected chi connectivity index (χ0v) is 17.3. The molecule has 0 radical (unpaired) electrons. The Morgan fingerprint density at radius 1 is 0.852 bits per heavy atom. The van der Waals surface area contributed by atoms with E-state index >= 15 is 0 Å². The monoisotopic (exact) mass is 384 g/mol. The maximum atomic E-state index is 7.15. The molecule has 0 aromatic heterocycles. The Bertz CT molecular complexity index is 694. The van der Waals surface area contributed by atoms with Gasteiger partial charge in [-0.3, -0.25) is 0 Å². The van der Waals surface area contributed by atoms with E-state index < -0.39 is 8.32 Å². The Labute approximate surface area is 162 Å². The summed E-state index contributed by atoms with van der Waals surface area (Å²) in [5.41, 5.74) is 0. The van der Waals surface area contributed by atoms with E-state index in [4.69, 9.17) is 18.6 Å². The third-order valence-corrected chi connectivity index (χ3v) is 10.4. The molecule has 0 amide bonds. The quantitative estimate of drug-likeness (QED) is 0.567. The van der Waals surface area contributed by atoms with Crippen LogP contribution in [0.25, 0.3) is 0 Å². The molecule has 5 heteroatoms. The molecule has 0 aliphatic carbocycles. The molecule has 2 aromatic rings. The summed E-state index contributed by atoms with van der Waals surface area (Å²) in [5.74, 6) is 0. The first kappa shape index (κ1) is 18.8. The van der Waals surface area contributed by atoms with E-state index in [1.54, 1.807) is 0 Å². The molecule has 2 fully saturated rings. The van der Waals surface area contributed by atoms with Crippen molar-refractivity contribution in [1.29, 1.82) is 0 Å². The first-order chi connectivity index (χ1) is 13.0. The average molecular weight is 385 g/mol. The summed E-state index contributed by atoms with van der Waals surface area (Å²) >= 11 is 0. The van der Waals surface area contributed by atoms with Crippen LogP contribution in [-0.2, 0) is 18.6 Å². The topological polar surface area (TPSA) is 40.2 Å². The third-order valence-electron chi connectivity index (χ3n) is 5.37. The van der Waals surface area contributed by atoms with Crippen molar-refractivity contribution in [3.63, 3.8) is 0 Å².